The van der Waals surface area contributed by atoms with E-state index in [-0.39, 0.29) is 5.91 Å². The quantitative estimate of drug-likeness (QED) is 0.862. The van der Waals surface area contributed by atoms with Crippen LogP contribution in [0.2, 0.25) is 0 Å². The molecule has 0 radical (unpaired) electrons. The van der Waals surface area contributed by atoms with Crippen molar-refractivity contribution >= 4 is 11.9 Å². The van der Waals surface area contributed by atoms with Gasteiger partial charge in [-0.25, -0.2) is 4.79 Å². The molecule has 0 fully saturated rings. The lowest BCUT2D eigenvalue weighted by Gasteiger charge is -2.12. The van der Waals surface area contributed by atoms with Crippen molar-refractivity contribution in [2.45, 2.75) is 26.5 Å². The van der Waals surface area contributed by atoms with Crippen LogP contribution in [0.5, 0.6) is 0 Å². The molecule has 0 saturated carbocycles. The monoisotopic (exact) mass is 298 g/mol. The summed E-state index contributed by atoms with van der Waals surface area (Å²) in [7, 11) is 0. The molecule has 0 aliphatic heterocycles. The van der Waals surface area contributed by atoms with E-state index in [1.807, 2.05) is 18.2 Å². The summed E-state index contributed by atoms with van der Waals surface area (Å²) in [6, 6.07) is 12.4. The summed E-state index contributed by atoms with van der Waals surface area (Å²) in [5.41, 5.74) is 2.09. The fourth-order valence-corrected chi connectivity index (χ4v) is 1.89. The highest BCUT2D eigenvalue weighted by Gasteiger charge is 2.14. The predicted molar refractivity (Wildman–Crippen MR) is 82.0 cm³/mol. The summed E-state index contributed by atoms with van der Waals surface area (Å²) in [5.74, 6) is -0.489. The third-order valence-corrected chi connectivity index (χ3v) is 3.12. The van der Waals surface area contributed by atoms with Gasteiger partial charge in [0, 0.05) is 19.7 Å². The summed E-state index contributed by atoms with van der Waals surface area (Å²) < 4.78 is 5.39. The number of nitrogens with zero attached hydrogens (tertiary/aromatic N) is 1. The van der Waals surface area contributed by atoms with Crippen LogP contribution < -0.4 is 5.32 Å². The first-order valence-electron chi connectivity index (χ1n) is 7.01. The van der Waals surface area contributed by atoms with Crippen molar-refractivity contribution in [3.05, 3.63) is 65.5 Å². The lowest BCUT2D eigenvalue weighted by atomic mass is 10.1. The second kappa shape index (κ2) is 7.36. The molecule has 1 amide bonds. The van der Waals surface area contributed by atoms with Crippen molar-refractivity contribution in [1.29, 1.82) is 0 Å². The van der Waals surface area contributed by atoms with E-state index in [0.717, 1.165) is 5.56 Å². The number of amides is 1. The number of rotatable bonds is 5. The Kier molecular flexibility index (Phi) is 5.25. The number of carbonyl (C=O) groups is 2. The van der Waals surface area contributed by atoms with E-state index in [1.54, 1.807) is 37.4 Å². The Labute approximate surface area is 129 Å². The van der Waals surface area contributed by atoms with Gasteiger partial charge in [-0.05, 0) is 36.8 Å². The van der Waals surface area contributed by atoms with Crippen LogP contribution in [0, 0.1) is 0 Å². The molecule has 2 aromatic rings. The molecule has 0 aliphatic carbocycles. The molecule has 0 aliphatic rings. The normalized spacial score (nSPS) is 11.5. The summed E-state index contributed by atoms with van der Waals surface area (Å²) in [6.07, 6.45) is 1.25. The minimum Gasteiger partial charge on any atom is -0.453 e. The van der Waals surface area contributed by atoms with E-state index in [9.17, 15) is 9.59 Å². The van der Waals surface area contributed by atoms with Crippen LogP contribution in [-0.2, 0) is 16.1 Å². The second-order valence-corrected chi connectivity index (χ2v) is 4.91. The third-order valence-electron chi connectivity index (χ3n) is 3.12. The number of carbonyl (C=O) groups excluding carboxylic acids is 2. The third kappa shape index (κ3) is 4.41. The molecule has 5 heteroatoms. The molecule has 1 N–H and O–H groups in total. The van der Waals surface area contributed by atoms with E-state index in [4.69, 9.17) is 4.74 Å². The maximum absolute atomic E-state index is 12.1. The molecule has 1 heterocycles. The smallest absolute Gasteiger partial charge is 0.338 e. The molecule has 0 spiro atoms. The van der Waals surface area contributed by atoms with Crippen LogP contribution in [-0.4, -0.2) is 16.9 Å². The Morgan fingerprint density at radius 3 is 2.50 bits per heavy atom. The summed E-state index contributed by atoms with van der Waals surface area (Å²) in [4.78, 5) is 27.1. The number of aromatic nitrogens is 1. The molecule has 114 valence electrons. The van der Waals surface area contributed by atoms with Crippen LogP contribution in [0.1, 0.15) is 41.6 Å². The molecule has 1 aromatic heterocycles. The average Bonchev–Trinajstić information content (AvgIpc) is 2.54. The number of pyridine rings is 1. The molecule has 1 atom stereocenters. The number of benzene rings is 1. The van der Waals surface area contributed by atoms with Gasteiger partial charge < -0.3 is 10.1 Å². The topological polar surface area (TPSA) is 68.3 Å². The molecule has 0 saturated heterocycles. The Hall–Kier alpha value is -2.69. The highest BCUT2D eigenvalue weighted by molar-refractivity contribution is 5.89. The molecule has 5 nitrogen and oxygen atoms in total. The highest BCUT2D eigenvalue weighted by Crippen LogP contribution is 2.16. The number of esters is 1. The maximum atomic E-state index is 12.1. The number of hydrogen-bond acceptors (Lipinski definition) is 4. The number of ether oxygens (including phenoxy) is 1. The molecular weight excluding hydrogens is 280 g/mol. The van der Waals surface area contributed by atoms with Gasteiger partial charge in [-0.3, -0.25) is 9.78 Å². The summed E-state index contributed by atoms with van der Waals surface area (Å²) in [6.45, 7) is 3.69. The highest BCUT2D eigenvalue weighted by atomic mass is 16.5. The van der Waals surface area contributed by atoms with Gasteiger partial charge in [0.1, 0.15) is 6.10 Å². The van der Waals surface area contributed by atoms with E-state index in [2.05, 4.69) is 10.3 Å². The number of nitrogens with one attached hydrogen (secondary N) is 1. The first kappa shape index (κ1) is 15.7. The van der Waals surface area contributed by atoms with Gasteiger partial charge in [0.2, 0.25) is 5.91 Å². The zero-order valence-electron chi connectivity index (χ0n) is 12.6. The zero-order valence-corrected chi connectivity index (χ0v) is 12.6. The Morgan fingerprint density at radius 1 is 1.18 bits per heavy atom. The Morgan fingerprint density at radius 2 is 1.91 bits per heavy atom. The molecule has 1 aromatic carbocycles. The zero-order chi connectivity index (χ0) is 15.9. The minimum absolute atomic E-state index is 0.0901. The van der Waals surface area contributed by atoms with Gasteiger partial charge in [0.25, 0.3) is 0 Å². The summed E-state index contributed by atoms with van der Waals surface area (Å²) in [5, 5.41) is 2.70. The Balaban J connectivity index is 1.96. The second-order valence-electron chi connectivity index (χ2n) is 4.91. The van der Waals surface area contributed by atoms with Gasteiger partial charge in [0.05, 0.1) is 11.3 Å². The van der Waals surface area contributed by atoms with Crippen LogP contribution >= 0.6 is 0 Å². The standard InChI is InChI=1S/C17H18N2O3/c1-12(16-5-3-4-10-18-16)22-17(21)15-8-6-14(7-9-15)11-19-13(2)20/h3-10,12H,11H2,1-2H3,(H,19,20)/t12-/m0/s1. The molecule has 2 rings (SSSR count). The van der Waals surface area contributed by atoms with E-state index < -0.39 is 12.1 Å². The van der Waals surface area contributed by atoms with Crippen LogP contribution in [0.3, 0.4) is 0 Å². The van der Waals surface area contributed by atoms with Crippen molar-refractivity contribution < 1.29 is 14.3 Å². The largest absolute Gasteiger partial charge is 0.453 e. The van der Waals surface area contributed by atoms with Crippen LogP contribution in [0.25, 0.3) is 0 Å². The van der Waals surface area contributed by atoms with Gasteiger partial charge in [-0.15, -0.1) is 0 Å². The van der Waals surface area contributed by atoms with Gasteiger partial charge in [-0.2, -0.15) is 0 Å². The molecule has 0 unspecified atom stereocenters. The van der Waals surface area contributed by atoms with Crippen molar-refractivity contribution in [1.82, 2.24) is 10.3 Å². The molecular formula is C17H18N2O3. The maximum Gasteiger partial charge on any atom is 0.338 e. The van der Waals surface area contributed by atoms with Crippen molar-refractivity contribution in [3.8, 4) is 0 Å². The lowest BCUT2D eigenvalue weighted by Crippen LogP contribution is -2.18. The fraction of sp³-hybridized carbons (Fsp3) is 0.235. The minimum atomic E-state index is -0.409. The van der Waals surface area contributed by atoms with Crippen molar-refractivity contribution in [3.63, 3.8) is 0 Å². The van der Waals surface area contributed by atoms with E-state index in [1.165, 1.54) is 6.92 Å². The van der Waals surface area contributed by atoms with Crippen LogP contribution in [0.15, 0.2) is 48.7 Å². The van der Waals surface area contributed by atoms with Crippen LogP contribution in [0.4, 0.5) is 0 Å². The Bertz CT molecular complexity index is 639. The summed E-state index contributed by atoms with van der Waals surface area (Å²) >= 11 is 0. The van der Waals surface area contributed by atoms with E-state index in [0.29, 0.717) is 17.8 Å². The number of hydrogen-bond donors (Lipinski definition) is 1. The van der Waals surface area contributed by atoms with Crippen molar-refractivity contribution in [2.75, 3.05) is 0 Å². The first-order valence-corrected chi connectivity index (χ1v) is 7.01. The first-order chi connectivity index (χ1) is 10.6. The fourth-order valence-electron chi connectivity index (χ4n) is 1.89. The lowest BCUT2D eigenvalue weighted by molar-refractivity contribution is -0.119. The van der Waals surface area contributed by atoms with Gasteiger partial charge in [-0.1, -0.05) is 18.2 Å². The SMILES string of the molecule is CC(=O)NCc1ccc(C(=O)O[C@@H](C)c2ccccn2)cc1. The molecule has 0 bridgehead atoms. The predicted octanol–water partition coefficient (Wildman–Crippen LogP) is 2.64. The van der Waals surface area contributed by atoms with Crippen molar-refractivity contribution in [2.24, 2.45) is 0 Å². The van der Waals surface area contributed by atoms with Gasteiger partial charge >= 0.3 is 5.97 Å². The average molecular weight is 298 g/mol. The molecule has 22 heavy (non-hydrogen) atoms. The van der Waals surface area contributed by atoms with E-state index >= 15 is 0 Å². The van der Waals surface area contributed by atoms with Gasteiger partial charge in [0.15, 0.2) is 0 Å².